The molecule has 0 aromatic carbocycles. The minimum Gasteiger partial charge on any atom is -0.327 e. The van der Waals surface area contributed by atoms with Crippen molar-refractivity contribution >= 4 is 0 Å². The smallest absolute Gasteiger partial charge is 0.0270 e. The standard InChI is InChI=1S/C13H20N2/c14-13(12-4-2-1-3-5-12)10-11-6-8-15-9-7-11/h6-9,12-13H,1-5,10,14H2. The van der Waals surface area contributed by atoms with E-state index in [2.05, 4.69) is 17.1 Å². The highest BCUT2D eigenvalue weighted by Crippen LogP contribution is 2.26. The molecule has 1 aromatic rings. The summed E-state index contributed by atoms with van der Waals surface area (Å²) in [6.45, 7) is 0. The third kappa shape index (κ3) is 3.03. The molecule has 1 aliphatic rings. The molecule has 0 amide bonds. The molecule has 0 radical (unpaired) electrons. The van der Waals surface area contributed by atoms with Gasteiger partial charge in [0.1, 0.15) is 0 Å². The van der Waals surface area contributed by atoms with Gasteiger partial charge in [0.05, 0.1) is 0 Å². The number of hydrogen-bond acceptors (Lipinski definition) is 2. The predicted molar refractivity (Wildman–Crippen MR) is 62.5 cm³/mol. The molecule has 0 spiro atoms. The predicted octanol–water partition coefficient (Wildman–Crippen LogP) is 2.53. The lowest BCUT2D eigenvalue weighted by atomic mass is 9.82. The zero-order valence-corrected chi connectivity index (χ0v) is 9.23. The SMILES string of the molecule is NC(Cc1ccncc1)C1CCCCC1. The maximum Gasteiger partial charge on any atom is 0.0270 e. The number of rotatable bonds is 3. The van der Waals surface area contributed by atoms with Crippen LogP contribution < -0.4 is 5.73 Å². The molecule has 2 heteroatoms. The van der Waals surface area contributed by atoms with E-state index in [1.54, 1.807) is 0 Å². The van der Waals surface area contributed by atoms with Gasteiger partial charge in [-0.25, -0.2) is 0 Å². The van der Waals surface area contributed by atoms with Gasteiger partial charge < -0.3 is 5.73 Å². The summed E-state index contributed by atoms with van der Waals surface area (Å²) >= 11 is 0. The van der Waals surface area contributed by atoms with E-state index in [1.165, 1.54) is 37.7 Å². The first-order valence-corrected chi connectivity index (χ1v) is 6.01. The van der Waals surface area contributed by atoms with Crippen LogP contribution >= 0.6 is 0 Å². The first-order chi connectivity index (χ1) is 7.36. The van der Waals surface area contributed by atoms with Crippen molar-refractivity contribution in [3.63, 3.8) is 0 Å². The summed E-state index contributed by atoms with van der Waals surface area (Å²) in [5.74, 6) is 0.743. The summed E-state index contributed by atoms with van der Waals surface area (Å²) in [5, 5.41) is 0. The fourth-order valence-corrected chi connectivity index (χ4v) is 2.52. The van der Waals surface area contributed by atoms with E-state index in [4.69, 9.17) is 5.73 Å². The van der Waals surface area contributed by atoms with Gasteiger partial charge >= 0.3 is 0 Å². The Labute approximate surface area is 91.9 Å². The Hall–Kier alpha value is -0.890. The van der Waals surface area contributed by atoms with Gasteiger partial charge in [-0.1, -0.05) is 19.3 Å². The molecule has 2 rings (SSSR count). The minimum absolute atomic E-state index is 0.340. The van der Waals surface area contributed by atoms with E-state index in [-0.39, 0.29) is 0 Å². The van der Waals surface area contributed by atoms with Crippen molar-refractivity contribution in [2.45, 2.75) is 44.6 Å². The van der Waals surface area contributed by atoms with E-state index in [9.17, 15) is 0 Å². The molecule has 1 aromatic heterocycles. The molecule has 15 heavy (non-hydrogen) atoms. The van der Waals surface area contributed by atoms with Crippen molar-refractivity contribution in [1.82, 2.24) is 4.98 Å². The number of pyridine rings is 1. The highest BCUT2D eigenvalue weighted by atomic mass is 14.7. The molecule has 1 unspecified atom stereocenters. The normalized spacial score (nSPS) is 20.1. The number of aromatic nitrogens is 1. The Morgan fingerprint density at radius 2 is 1.87 bits per heavy atom. The molecule has 1 atom stereocenters. The van der Waals surface area contributed by atoms with Gasteiger partial charge in [0.15, 0.2) is 0 Å². The van der Waals surface area contributed by atoms with E-state index >= 15 is 0 Å². The monoisotopic (exact) mass is 204 g/mol. The summed E-state index contributed by atoms with van der Waals surface area (Å²) < 4.78 is 0. The summed E-state index contributed by atoms with van der Waals surface area (Å²) in [6, 6.07) is 4.48. The van der Waals surface area contributed by atoms with Gasteiger partial charge in [-0.05, 0) is 42.9 Å². The van der Waals surface area contributed by atoms with Crippen LogP contribution in [0.1, 0.15) is 37.7 Å². The highest BCUT2D eigenvalue weighted by molar-refractivity contribution is 5.11. The quantitative estimate of drug-likeness (QED) is 0.821. The van der Waals surface area contributed by atoms with Crippen molar-refractivity contribution in [2.24, 2.45) is 11.7 Å². The second kappa shape index (κ2) is 5.26. The first-order valence-electron chi connectivity index (χ1n) is 6.01. The lowest BCUT2D eigenvalue weighted by Gasteiger charge is -2.27. The molecule has 2 N–H and O–H groups in total. The first kappa shape index (κ1) is 10.6. The molecule has 1 aliphatic carbocycles. The van der Waals surface area contributed by atoms with E-state index in [0.717, 1.165) is 12.3 Å². The van der Waals surface area contributed by atoms with Gasteiger partial charge in [-0.2, -0.15) is 0 Å². The van der Waals surface area contributed by atoms with Crippen LogP contribution in [0.5, 0.6) is 0 Å². The summed E-state index contributed by atoms with van der Waals surface area (Å²) in [4.78, 5) is 4.02. The third-order valence-electron chi connectivity index (χ3n) is 3.48. The fraction of sp³-hybridized carbons (Fsp3) is 0.615. The van der Waals surface area contributed by atoms with Crippen LogP contribution in [0.4, 0.5) is 0 Å². The average molecular weight is 204 g/mol. The molecule has 1 saturated carbocycles. The molecule has 82 valence electrons. The van der Waals surface area contributed by atoms with Gasteiger partial charge in [-0.3, -0.25) is 4.98 Å². The van der Waals surface area contributed by atoms with Gasteiger partial charge in [0.25, 0.3) is 0 Å². The average Bonchev–Trinajstić information content (AvgIpc) is 2.31. The van der Waals surface area contributed by atoms with Crippen molar-refractivity contribution < 1.29 is 0 Å². The maximum atomic E-state index is 6.26. The number of nitrogens with two attached hydrogens (primary N) is 1. The molecular weight excluding hydrogens is 184 g/mol. The largest absolute Gasteiger partial charge is 0.327 e. The van der Waals surface area contributed by atoms with Crippen LogP contribution in [0, 0.1) is 5.92 Å². The Morgan fingerprint density at radius 1 is 1.20 bits per heavy atom. The van der Waals surface area contributed by atoms with E-state index in [0.29, 0.717) is 6.04 Å². The summed E-state index contributed by atoms with van der Waals surface area (Å²) in [5.41, 5.74) is 7.58. The van der Waals surface area contributed by atoms with Gasteiger partial charge in [0, 0.05) is 18.4 Å². The fourth-order valence-electron chi connectivity index (χ4n) is 2.52. The zero-order chi connectivity index (χ0) is 10.5. The van der Waals surface area contributed by atoms with Crippen LogP contribution in [-0.4, -0.2) is 11.0 Å². The molecule has 0 bridgehead atoms. The molecular formula is C13H20N2. The molecule has 1 fully saturated rings. The topological polar surface area (TPSA) is 38.9 Å². The van der Waals surface area contributed by atoms with Crippen molar-refractivity contribution in [2.75, 3.05) is 0 Å². The third-order valence-corrected chi connectivity index (χ3v) is 3.48. The second-order valence-electron chi connectivity index (χ2n) is 4.62. The van der Waals surface area contributed by atoms with Crippen molar-refractivity contribution in [1.29, 1.82) is 0 Å². The van der Waals surface area contributed by atoms with Crippen molar-refractivity contribution in [3.05, 3.63) is 30.1 Å². The number of nitrogens with zero attached hydrogens (tertiary/aromatic N) is 1. The lowest BCUT2D eigenvalue weighted by molar-refractivity contribution is 0.303. The Bertz CT molecular complexity index is 278. The Morgan fingerprint density at radius 3 is 2.53 bits per heavy atom. The minimum atomic E-state index is 0.340. The van der Waals surface area contributed by atoms with Crippen LogP contribution in [0.25, 0.3) is 0 Å². The lowest BCUT2D eigenvalue weighted by Crippen LogP contribution is -2.33. The Balaban J connectivity index is 1.88. The van der Waals surface area contributed by atoms with Crippen molar-refractivity contribution in [3.8, 4) is 0 Å². The van der Waals surface area contributed by atoms with Gasteiger partial charge in [-0.15, -0.1) is 0 Å². The number of hydrogen-bond donors (Lipinski definition) is 1. The second-order valence-corrected chi connectivity index (χ2v) is 4.62. The maximum absolute atomic E-state index is 6.26. The van der Waals surface area contributed by atoms with Crippen LogP contribution in [0.2, 0.25) is 0 Å². The highest BCUT2D eigenvalue weighted by Gasteiger charge is 2.20. The molecule has 2 nitrogen and oxygen atoms in total. The van der Waals surface area contributed by atoms with Crippen LogP contribution in [0.3, 0.4) is 0 Å². The molecule has 0 saturated heterocycles. The summed E-state index contributed by atoms with van der Waals surface area (Å²) in [6.07, 6.45) is 11.5. The summed E-state index contributed by atoms with van der Waals surface area (Å²) in [7, 11) is 0. The zero-order valence-electron chi connectivity index (χ0n) is 9.23. The molecule has 1 heterocycles. The van der Waals surface area contributed by atoms with Crippen LogP contribution in [-0.2, 0) is 6.42 Å². The van der Waals surface area contributed by atoms with E-state index in [1.807, 2.05) is 12.4 Å². The van der Waals surface area contributed by atoms with Gasteiger partial charge in [0.2, 0.25) is 0 Å². The molecule has 0 aliphatic heterocycles. The van der Waals surface area contributed by atoms with Crippen LogP contribution in [0.15, 0.2) is 24.5 Å². The van der Waals surface area contributed by atoms with E-state index < -0.39 is 0 Å². The Kier molecular flexibility index (Phi) is 3.73.